The molecule has 5 nitrogen and oxygen atoms in total. The molecule has 0 saturated heterocycles. The quantitative estimate of drug-likeness (QED) is 0.746. The van der Waals surface area contributed by atoms with Gasteiger partial charge in [-0.05, 0) is 31.2 Å². The number of hydrogen-bond donors (Lipinski definition) is 2. The topological polar surface area (TPSA) is 71.2 Å². The number of aromatic hydroxyl groups is 1. The molecule has 1 aromatic carbocycles. The van der Waals surface area contributed by atoms with Crippen molar-refractivity contribution in [3.63, 3.8) is 0 Å². The maximum atomic E-state index is 9.08. The first-order valence-corrected chi connectivity index (χ1v) is 4.56. The average molecular weight is 205 g/mol. The van der Waals surface area contributed by atoms with Gasteiger partial charge in [-0.3, -0.25) is 0 Å². The Morgan fingerprint density at radius 1 is 1.33 bits per heavy atom. The average Bonchev–Trinajstić information content (AvgIpc) is 2.64. The van der Waals surface area contributed by atoms with Crippen LogP contribution in [0.2, 0.25) is 0 Å². The molecule has 0 bridgehead atoms. The number of rotatable bonds is 3. The summed E-state index contributed by atoms with van der Waals surface area (Å²) in [5.41, 5.74) is 0.892. The zero-order valence-corrected chi connectivity index (χ0v) is 8.27. The Labute approximate surface area is 86.7 Å². The zero-order valence-electron chi connectivity index (χ0n) is 8.27. The number of phenols is 1. The zero-order chi connectivity index (χ0) is 10.7. The van der Waals surface area contributed by atoms with Crippen LogP contribution in [0.15, 0.2) is 28.8 Å². The van der Waals surface area contributed by atoms with Gasteiger partial charge >= 0.3 is 0 Å². The Hall–Kier alpha value is -2.04. The van der Waals surface area contributed by atoms with Crippen molar-refractivity contribution in [1.29, 1.82) is 0 Å². The third kappa shape index (κ3) is 2.46. The van der Waals surface area contributed by atoms with Gasteiger partial charge < -0.3 is 14.9 Å². The van der Waals surface area contributed by atoms with Crippen LogP contribution in [0.4, 0.5) is 5.69 Å². The second kappa shape index (κ2) is 4.00. The number of benzene rings is 1. The van der Waals surface area contributed by atoms with E-state index in [1.54, 1.807) is 31.2 Å². The van der Waals surface area contributed by atoms with Gasteiger partial charge in [0.25, 0.3) is 0 Å². The Bertz CT molecular complexity index is 436. The van der Waals surface area contributed by atoms with E-state index >= 15 is 0 Å². The molecule has 0 amide bonds. The molecule has 0 saturated carbocycles. The normalized spacial score (nSPS) is 10.2. The molecule has 0 aliphatic rings. The van der Waals surface area contributed by atoms with Crippen LogP contribution in [0.3, 0.4) is 0 Å². The van der Waals surface area contributed by atoms with E-state index in [0.717, 1.165) is 5.69 Å². The summed E-state index contributed by atoms with van der Waals surface area (Å²) in [6, 6.07) is 6.78. The standard InChI is InChI=1S/C10H11N3O2/c1-7-12-10(15-13-7)6-11-8-2-4-9(14)5-3-8/h2-5,11,14H,6H2,1H3. The molecule has 1 aromatic heterocycles. The third-order valence-electron chi connectivity index (χ3n) is 1.88. The molecule has 0 unspecified atom stereocenters. The Kier molecular flexibility index (Phi) is 2.53. The lowest BCUT2D eigenvalue weighted by atomic mass is 10.3. The first-order valence-electron chi connectivity index (χ1n) is 4.56. The maximum absolute atomic E-state index is 9.08. The van der Waals surface area contributed by atoms with Crippen LogP contribution in [0.25, 0.3) is 0 Å². The minimum absolute atomic E-state index is 0.245. The van der Waals surface area contributed by atoms with Gasteiger partial charge in [0.2, 0.25) is 5.89 Å². The summed E-state index contributed by atoms with van der Waals surface area (Å²) in [7, 11) is 0. The molecule has 0 spiro atoms. The number of hydrogen-bond acceptors (Lipinski definition) is 5. The predicted octanol–water partition coefficient (Wildman–Crippen LogP) is 1.70. The van der Waals surface area contributed by atoms with Crippen molar-refractivity contribution in [3.05, 3.63) is 36.0 Å². The monoisotopic (exact) mass is 205 g/mol. The van der Waals surface area contributed by atoms with E-state index in [2.05, 4.69) is 15.5 Å². The largest absolute Gasteiger partial charge is 0.508 e. The second-order valence-electron chi connectivity index (χ2n) is 3.14. The second-order valence-corrected chi connectivity index (χ2v) is 3.14. The molecule has 0 fully saturated rings. The summed E-state index contributed by atoms with van der Waals surface area (Å²) in [4.78, 5) is 4.05. The SMILES string of the molecule is Cc1noc(CNc2ccc(O)cc2)n1. The summed E-state index contributed by atoms with van der Waals surface area (Å²) in [6.07, 6.45) is 0. The van der Waals surface area contributed by atoms with Crippen molar-refractivity contribution in [1.82, 2.24) is 10.1 Å². The summed E-state index contributed by atoms with van der Waals surface area (Å²) >= 11 is 0. The molecule has 2 N–H and O–H groups in total. The minimum Gasteiger partial charge on any atom is -0.508 e. The van der Waals surface area contributed by atoms with Crippen LogP contribution in [0, 0.1) is 6.92 Å². The van der Waals surface area contributed by atoms with Crippen molar-refractivity contribution < 1.29 is 9.63 Å². The molecule has 1 heterocycles. The third-order valence-corrected chi connectivity index (χ3v) is 1.88. The number of phenolic OH excluding ortho intramolecular Hbond substituents is 1. The number of nitrogens with zero attached hydrogens (tertiary/aromatic N) is 2. The first kappa shape index (κ1) is 9.51. The highest BCUT2D eigenvalue weighted by Crippen LogP contribution is 2.14. The van der Waals surface area contributed by atoms with Crippen molar-refractivity contribution >= 4 is 5.69 Å². The minimum atomic E-state index is 0.245. The van der Waals surface area contributed by atoms with E-state index in [1.165, 1.54) is 0 Å². The van der Waals surface area contributed by atoms with Crippen molar-refractivity contribution in [2.75, 3.05) is 5.32 Å². The van der Waals surface area contributed by atoms with Gasteiger partial charge in [-0.1, -0.05) is 5.16 Å². The Morgan fingerprint density at radius 3 is 2.67 bits per heavy atom. The summed E-state index contributed by atoms with van der Waals surface area (Å²) in [5, 5.41) is 15.8. The molecule has 0 aliphatic heterocycles. The van der Waals surface area contributed by atoms with E-state index in [0.29, 0.717) is 18.3 Å². The molecule has 15 heavy (non-hydrogen) atoms. The van der Waals surface area contributed by atoms with E-state index in [9.17, 15) is 0 Å². The van der Waals surface area contributed by atoms with Gasteiger partial charge in [0, 0.05) is 5.69 Å². The van der Waals surface area contributed by atoms with Gasteiger partial charge in [0.15, 0.2) is 5.82 Å². The van der Waals surface area contributed by atoms with Crippen LogP contribution in [-0.2, 0) is 6.54 Å². The number of aryl methyl sites for hydroxylation is 1. The summed E-state index contributed by atoms with van der Waals surface area (Å²) in [5.74, 6) is 1.41. The molecule has 2 rings (SSSR count). The number of anilines is 1. The smallest absolute Gasteiger partial charge is 0.245 e. The molecular weight excluding hydrogens is 194 g/mol. The van der Waals surface area contributed by atoms with Crippen LogP contribution in [0.1, 0.15) is 11.7 Å². The predicted molar refractivity (Wildman–Crippen MR) is 54.5 cm³/mol. The Balaban J connectivity index is 1.96. The van der Waals surface area contributed by atoms with Crippen molar-refractivity contribution in [2.45, 2.75) is 13.5 Å². The lowest BCUT2D eigenvalue weighted by Crippen LogP contribution is -1.99. The highest BCUT2D eigenvalue weighted by atomic mass is 16.5. The lowest BCUT2D eigenvalue weighted by Gasteiger charge is -2.02. The molecule has 0 atom stereocenters. The van der Waals surface area contributed by atoms with Crippen LogP contribution >= 0.6 is 0 Å². The Morgan fingerprint density at radius 2 is 2.07 bits per heavy atom. The van der Waals surface area contributed by atoms with Gasteiger partial charge in [0.1, 0.15) is 5.75 Å². The number of aromatic nitrogens is 2. The van der Waals surface area contributed by atoms with Gasteiger partial charge in [-0.15, -0.1) is 0 Å². The number of nitrogens with one attached hydrogen (secondary N) is 1. The van der Waals surface area contributed by atoms with Crippen LogP contribution in [-0.4, -0.2) is 15.2 Å². The highest BCUT2D eigenvalue weighted by molar-refractivity contribution is 5.45. The van der Waals surface area contributed by atoms with E-state index in [1.807, 2.05) is 0 Å². The molecule has 0 radical (unpaired) electrons. The van der Waals surface area contributed by atoms with Crippen molar-refractivity contribution in [2.24, 2.45) is 0 Å². The van der Waals surface area contributed by atoms with Crippen molar-refractivity contribution in [3.8, 4) is 5.75 Å². The summed E-state index contributed by atoms with van der Waals surface area (Å²) in [6.45, 7) is 2.25. The fraction of sp³-hybridized carbons (Fsp3) is 0.200. The van der Waals surface area contributed by atoms with Crippen LogP contribution < -0.4 is 5.32 Å². The molecule has 0 aliphatic carbocycles. The molecule has 78 valence electrons. The fourth-order valence-corrected chi connectivity index (χ4v) is 1.17. The van der Waals surface area contributed by atoms with Gasteiger partial charge in [-0.25, -0.2) is 0 Å². The highest BCUT2D eigenvalue weighted by Gasteiger charge is 2.01. The lowest BCUT2D eigenvalue weighted by molar-refractivity contribution is 0.379. The molecular formula is C10H11N3O2. The van der Waals surface area contributed by atoms with E-state index in [4.69, 9.17) is 9.63 Å². The first-order chi connectivity index (χ1) is 7.24. The fourth-order valence-electron chi connectivity index (χ4n) is 1.17. The van der Waals surface area contributed by atoms with Gasteiger partial charge in [0.05, 0.1) is 6.54 Å². The molecule has 5 heteroatoms. The van der Waals surface area contributed by atoms with Gasteiger partial charge in [-0.2, -0.15) is 4.98 Å². The van der Waals surface area contributed by atoms with E-state index < -0.39 is 0 Å². The molecule has 2 aromatic rings. The summed E-state index contributed by atoms with van der Waals surface area (Å²) < 4.78 is 4.94. The van der Waals surface area contributed by atoms with E-state index in [-0.39, 0.29) is 5.75 Å². The maximum Gasteiger partial charge on any atom is 0.245 e. The van der Waals surface area contributed by atoms with Crippen LogP contribution in [0.5, 0.6) is 5.75 Å².